The third-order valence-electron chi connectivity index (χ3n) is 1.73. The van der Waals surface area contributed by atoms with Crippen molar-refractivity contribution in [2.45, 2.75) is 20.3 Å². The van der Waals surface area contributed by atoms with Crippen LogP contribution in [0.5, 0.6) is 0 Å². The standard InChI is InChI=1S/C10H13ClN2O2/c1-6(2)4-9-12-7(10(14)15-3)5-8(11)13-9/h5-6H,4H2,1-3H3. The molecule has 0 aromatic carbocycles. The maximum atomic E-state index is 11.2. The highest BCUT2D eigenvalue weighted by molar-refractivity contribution is 6.29. The monoisotopic (exact) mass is 228 g/mol. The van der Waals surface area contributed by atoms with Gasteiger partial charge in [0.1, 0.15) is 11.0 Å². The Balaban J connectivity index is 2.99. The van der Waals surface area contributed by atoms with Crippen LogP contribution in [0.1, 0.15) is 30.2 Å². The van der Waals surface area contributed by atoms with E-state index in [0.717, 1.165) is 0 Å². The van der Waals surface area contributed by atoms with Gasteiger partial charge in [-0.2, -0.15) is 0 Å². The first kappa shape index (κ1) is 11.9. The van der Waals surface area contributed by atoms with Crippen LogP contribution in [-0.2, 0) is 11.2 Å². The summed E-state index contributed by atoms with van der Waals surface area (Å²) in [4.78, 5) is 19.3. The van der Waals surface area contributed by atoms with Crippen molar-refractivity contribution < 1.29 is 9.53 Å². The molecular weight excluding hydrogens is 216 g/mol. The van der Waals surface area contributed by atoms with Gasteiger partial charge in [-0.1, -0.05) is 25.4 Å². The number of esters is 1. The van der Waals surface area contributed by atoms with Gasteiger partial charge in [0.2, 0.25) is 0 Å². The highest BCUT2D eigenvalue weighted by Gasteiger charge is 2.11. The van der Waals surface area contributed by atoms with Crippen LogP contribution in [0, 0.1) is 5.92 Å². The van der Waals surface area contributed by atoms with Crippen LogP contribution < -0.4 is 0 Å². The van der Waals surface area contributed by atoms with Crippen molar-refractivity contribution in [3.63, 3.8) is 0 Å². The Morgan fingerprint density at radius 3 is 2.73 bits per heavy atom. The van der Waals surface area contributed by atoms with E-state index in [1.165, 1.54) is 13.2 Å². The predicted molar refractivity (Wildman–Crippen MR) is 56.9 cm³/mol. The normalized spacial score (nSPS) is 10.5. The Morgan fingerprint density at radius 2 is 2.20 bits per heavy atom. The van der Waals surface area contributed by atoms with Crippen LogP contribution in [0.25, 0.3) is 0 Å². The lowest BCUT2D eigenvalue weighted by molar-refractivity contribution is 0.0593. The fourth-order valence-corrected chi connectivity index (χ4v) is 1.33. The number of ether oxygens (including phenoxy) is 1. The van der Waals surface area contributed by atoms with Crippen LogP contribution in [0.15, 0.2) is 6.07 Å². The summed E-state index contributed by atoms with van der Waals surface area (Å²) < 4.78 is 4.56. The summed E-state index contributed by atoms with van der Waals surface area (Å²) in [5.74, 6) is 0.483. The fraction of sp³-hybridized carbons (Fsp3) is 0.500. The van der Waals surface area contributed by atoms with E-state index in [9.17, 15) is 4.79 Å². The van der Waals surface area contributed by atoms with Gasteiger partial charge in [0.25, 0.3) is 0 Å². The molecule has 5 heteroatoms. The van der Waals surface area contributed by atoms with E-state index < -0.39 is 5.97 Å². The molecule has 0 amide bonds. The Labute approximate surface area is 93.6 Å². The molecule has 0 aliphatic carbocycles. The second kappa shape index (κ2) is 5.07. The number of aromatic nitrogens is 2. The van der Waals surface area contributed by atoms with Gasteiger partial charge in [-0.3, -0.25) is 0 Å². The summed E-state index contributed by atoms with van der Waals surface area (Å²) in [6, 6.07) is 1.40. The van der Waals surface area contributed by atoms with E-state index in [1.54, 1.807) is 0 Å². The van der Waals surface area contributed by atoms with Crippen molar-refractivity contribution in [1.82, 2.24) is 9.97 Å². The van der Waals surface area contributed by atoms with E-state index in [0.29, 0.717) is 18.2 Å². The van der Waals surface area contributed by atoms with Gasteiger partial charge < -0.3 is 4.74 Å². The zero-order valence-electron chi connectivity index (χ0n) is 8.95. The largest absolute Gasteiger partial charge is 0.464 e. The summed E-state index contributed by atoms with van der Waals surface area (Å²) in [5, 5.41) is 0.265. The molecule has 0 bridgehead atoms. The Kier molecular flexibility index (Phi) is 4.03. The van der Waals surface area contributed by atoms with Crippen LogP contribution in [0.2, 0.25) is 5.15 Å². The van der Waals surface area contributed by atoms with Crippen molar-refractivity contribution in [1.29, 1.82) is 0 Å². The summed E-state index contributed by atoms with van der Waals surface area (Å²) in [7, 11) is 1.31. The van der Waals surface area contributed by atoms with Gasteiger partial charge in [0, 0.05) is 12.5 Å². The number of carbonyl (C=O) groups excluding carboxylic acids is 1. The molecule has 15 heavy (non-hydrogen) atoms. The van der Waals surface area contributed by atoms with Crippen LogP contribution in [-0.4, -0.2) is 23.0 Å². The molecule has 0 radical (unpaired) electrons. The highest BCUT2D eigenvalue weighted by Crippen LogP contribution is 2.11. The summed E-state index contributed by atoms with van der Waals surface area (Å²) in [5.41, 5.74) is 0.202. The summed E-state index contributed by atoms with van der Waals surface area (Å²) in [6.07, 6.45) is 0.685. The minimum Gasteiger partial charge on any atom is -0.464 e. The van der Waals surface area contributed by atoms with Crippen LogP contribution in [0.4, 0.5) is 0 Å². The number of hydrogen-bond acceptors (Lipinski definition) is 4. The molecule has 1 aromatic heterocycles. The van der Waals surface area contributed by atoms with Gasteiger partial charge in [0.15, 0.2) is 5.69 Å². The van der Waals surface area contributed by atoms with Crippen LogP contribution in [0.3, 0.4) is 0 Å². The maximum absolute atomic E-state index is 11.2. The first-order valence-electron chi connectivity index (χ1n) is 4.64. The summed E-state index contributed by atoms with van der Waals surface area (Å²) in [6.45, 7) is 4.09. The zero-order chi connectivity index (χ0) is 11.4. The second-order valence-corrected chi connectivity index (χ2v) is 3.97. The SMILES string of the molecule is COC(=O)c1cc(Cl)nc(CC(C)C)n1. The van der Waals surface area contributed by atoms with E-state index >= 15 is 0 Å². The highest BCUT2D eigenvalue weighted by atomic mass is 35.5. The first-order valence-corrected chi connectivity index (χ1v) is 5.02. The van der Waals surface area contributed by atoms with E-state index in [-0.39, 0.29) is 10.8 Å². The van der Waals surface area contributed by atoms with E-state index in [1.807, 2.05) is 13.8 Å². The lowest BCUT2D eigenvalue weighted by Gasteiger charge is -2.05. The first-order chi connectivity index (χ1) is 7.02. The quantitative estimate of drug-likeness (QED) is 0.587. The van der Waals surface area contributed by atoms with Gasteiger partial charge in [-0.25, -0.2) is 14.8 Å². The zero-order valence-corrected chi connectivity index (χ0v) is 9.71. The number of hydrogen-bond donors (Lipinski definition) is 0. The van der Waals surface area contributed by atoms with E-state index in [4.69, 9.17) is 11.6 Å². The number of carbonyl (C=O) groups is 1. The van der Waals surface area contributed by atoms with Gasteiger partial charge in [-0.05, 0) is 5.92 Å². The Bertz CT molecular complexity index is 366. The molecule has 0 saturated carbocycles. The van der Waals surface area contributed by atoms with Crippen molar-refractivity contribution >= 4 is 17.6 Å². The molecule has 0 saturated heterocycles. The molecule has 0 atom stereocenters. The average molecular weight is 229 g/mol. The topological polar surface area (TPSA) is 52.1 Å². The van der Waals surface area contributed by atoms with Gasteiger partial charge in [0.05, 0.1) is 7.11 Å². The molecule has 0 N–H and O–H groups in total. The van der Waals surface area contributed by atoms with Gasteiger partial charge in [-0.15, -0.1) is 0 Å². The Morgan fingerprint density at radius 1 is 1.53 bits per heavy atom. The average Bonchev–Trinajstić information content (AvgIpc) is 2.14. The number of nitrogens with zero attached hydrogens (tertiary/aromatic N) is 2. The molecule has 1 rings (SSSR count). The number of methoxy groups -OCH3 is 1. The lowest BCUT2D eigenvalue weighted by Crippen LogP contribution is -2.09. The molecule has 0 aliphatic rings. The molecule has 82 valence electrons. The third kappa shape index (κ3) is 3.47. The molecule has 4 nitrogen and oxygen atoms in total. The molecular formula is C10H13ClN2O2. The molecule has 1 aromatic rings. The van der Waals surface area contributed by atoms with Crippen molar-refractivity contribution in [3.8, 4) is 0 Å². The van der Waals surface area contributed by atoms with Crippen molar-refractivity contribution in [3.05, 3.63) is 22.7 Å². The second-order valence-electron chi connectivity index (χ2n) is 3.58. The molecule has 1 heterocycles. The predicted octanol–water partition coefficient (Wildman–Crippen LogP) is 2.12. The number of halogens is 1. The minimum absolute atomic E-state index is 0.202. The fourth-order valence-electron chi connectivity index (χ4n) is 1.13. The number of rotatable bonds is 3. The minimum atomic E-state index is -0.496. The smallest absolute Gasteiger partial charge is 0.356 e. The van der Waals surface area contributed by atoms with Gasteiger partial charge >= 0.3 is 5.97 Å². The third-order valence-corrected chi connectivity index (χ3v) is 1.92. The molecule has 0 unspecified atom stereocenters. The lowest BCUT2D eigenvalue weighted by atomic mass is 10.1. The maximum Gasteiger partial charge on any atom is 0.356 e. The molecule has 0 fully saturated rings. The van der Waals surface area contributed by atoms with Crippen molar-refractivity contribution in [2.75, 3.05) is 7.11 Å². The van der Waals surface area contributed by atoms with Crippen LogP contribution >= 0.6 is 11.6 Å². The molecule has 0 spiro atoms. The summed E-state index contributed by atoms with van der Waals surface area (Å²) >= 11 is 5.78. The Hall–Kier alpha value is -1.16. The van der Waals surface area contributed by atoms with E-state index in [2.05, 4.69) is 14.7 Å². The molecule has 0 aliphatic heterocycles. The van der Waals surface area contributed by atoms with Crippen molar-refractivity contribution in [2.24, 2.45) is 5.92 Å².